The van der Waals surface area contributed by atoms with Gasteiger partial charge in [0.25, 0.3) is 0 Å². The van der Waals surface area contributed by atoms with Crippen LogP contribution in [0.2, 0.25) is 0 Å². The number of para-hydroxylation sites is 1. The highest BCUT2D eigenvalue weighted by atomic mass is 16.5. The van der Waals surface area contributed by atoms with Crippen molar-refractivity contribution in [3.05, 3.63) is 47.2 Å². The second-order valence-electron chi connectivity index (χ2n) is 5.10. The molecule has 6 heteroatoms. The van der Waals surface area contributed by atoms with Crippen LogP contribution >= 0.6 is 0 Å². The Morgan fingerprint density at radius 2 is 2.13 bits per heavy atom. The molecular weight excluding hydrogens is 296 g/mol. The van der Waals surface area contributed by atoms with Gasteiger partial charge in [0.05, 0.1) is 19.9 Å². The van der Waals surface area contributed by atoms with Crippen molar-refractivity contribution in [2.75, 3.05) is 26.1 Å². The molecule has 23 heavy (non-hydrogen) atoms. The van der Waals surface area contributed by atoms with Crippen LogP contribution in [0, 0.1) is 0 Å². The molecule has 0 atom stereocenters. The Morgan fingerprint density at radius 1 is 1.26 bits per heavy atom. The van der Waals surface area contributed by atoms with Gasteiger partial charge in [-0.15, -0.1) is 0 Å². The lowest BCUT2D eigenvalue weighted by molar-refractivity contribution is 0.0594. The Bertz CT molecular complexity index is 731. The summed E-state index contributed by atoms with van der Waals surface area (Å²) in [6.07, 6.45) is 0.989. The first kappa shape index (κ1) is 15.1. The molecule has 1 aromatic heterocycles. The van der Waals surface area contributed by atoms with Gasteiger partial charge in [0.1, 0.15) is 18.0 Å². The van der Waals surface area contributed by atoms with E-state index in [-0.39, 0.29) is 6.61 Å². The highest BCUT2D eigenvalue weighted by molar-refractivity contribution is 5.93. The largest absolute Gasteiger partial charge is 0.493 e. The fourth-order valence-corrected chi connectivity index (χ4v) is 2.52. The van der Waals surface area contributed by atoms with Crippen LogP contribution in [0.25, 0.3) is 0 Å². The van der Waals surface area contributed by atoms with Crippen LogP contribution in [0.15, 0.2) is 30.3 Å². The number of fused-ring (bicyclic) bond motifs is 1. The molecule has 1 aromatic carbocycles. The average molecular weight is 314 g/mol. The van der Waals surface area contributed by atoms with Crippen LogP contribution in [-0.2, 0) is 17.8 Å². The molecule has 1 aliphatic heterocycles. The van der Waals surface area contributed by atoms with E-state index in [1.54, 1.807) is 18.2 Å². The molecule has 2 aromatic rings. The summed E-state index contributed by atoms with van der Waals surface area (Å²) in [5, 5.41) is 3.23. The Labute approximate surface area is 134 Å². The van der Waals surface area contributed by atoms with Gasteiger partial charge in [-0.2, -0.15) is 0 Å². The molecule has 0 spiro atoms. The molecule has 1 aliphatic rings. The number of pyridine rings is 1. The normalized spacial score (nSPS) is 12.3. The number of nitrogens with zero attached hydrogens (tertiary/aromatic N) is 1. The maximum atomic E-state index is 11.9. The van der Waals surface area contributed by atoms with Crippen LogP contribution in [0.4, 0.5) is 5.82 Å². The van der Waals surface area contributed by atoms with Crippen molar-refractivity contribution < 1.29 is 19.0 Å². The molecule has 6 nitrogen and oxygen atoms in total. The van der Waals surface area contributed by atoms with E-state index >= 15 is 0 Å². The lowest BCUT2D eigenvalue weighted by Gasteiger charge is -2.14. The van der Waals surface area contributed by atoms with Gasteiger partial charge in [0, 0.05) is 6.54 Å². The van der Waals surface area contributed by atoms with Crippen molar-refractivity contribution in [2.45, 2.75) is 13.0 Å². The van der Waals surface area contributed by atoms with Crippen LogP contribution in [0.5, 0.6) is 11.5 Å². The van der Waals surface area contributed by atoms with Gasteiger partial charge in [0.15, 0.2) is 11.5 Å². The first-order chi connectivity index (χ1) is 11.2. The zero-order chi connectivity index (χ0) is 16.2. The highest BCUT2D eigenvalue weighted by Gasteiger charge is 2.18. The van der Waals surface area contributed by atoms with Crippen LogP contribution < -0.4 is 14.8 Å². The second-order valence-corrected chi connectivity index (χ2v) is 5.10. The Balaban J connectivity index is 1.83. The highest BCUT2D eigenvalue weighted by Crippen LogP contribution is 2.32. The smallest absolute Gasteiger partial charge is 0.341 e. The molecule has 0 saturated heterocycles. The number of rotatable bonds is 5. The summed E-state index contributed by atoms with van der Waals surface area (Å²) in [5.41, 5.74) is 2.31. The van der Waals surface area contributed by atoms with E-state index in [4.69, 9.17) is 14.2 Å². The summed E-state index contributed by atoms with van der Waals surface area (Å²) in [5.74, 6) is 1.27. The van der Waals surface area contributed by atoms with Crippen LogP contribution in [0.3, 0.4) is 0 Å². The Morgan fingerprint density at radius 3 is 2.91 bits per heavy atom. The van der Waals surface area contributed by atoms with Crippen molar-refractivity contribution in [3.63, 3.8) is 0 Å². The summed E-state index contributed by atoms with van der Waals surface area (Å²) < 4.78 is 15.9. The quantitative estimate of drug-likeness (QED) is 0.855. The first-order valence-corrected chi connectivity index (χ1v) is 7.33. The fourth-order valence-electron chi connectivity index (χ4n) is 2.52. The molecule has 0 bridgehead atoms. The third-order valence-corrected chi connectivity index (χ3v) is 3.69. The number of carbonyl (C=O) groups excluding carboxylic acids is 1. The first-order valence-electron chi connectivity index (χ1n) is 7.33. The molecule has 0 saturated carbocycles. The third-order valence-electron chi connectivity index (χ3n) is 3.69. The molecular formula is C17H18N2O4. The minimum Gasteiger partial charge on any atom is -0.493 e. The molecule has 1 N–H and O–H groups in total. The van der Waals surface area contributed by atoms with Gasteiger partial charge in [0.2, 0.25) is 0 Å². The summed E-state index contributed by atoms with van der Waals surface area (Å²) >= 11 is 0. The van der Waals surface area contributed by atoms with Gasteiger partial charge >= 0.3 is 5.97 Å². The van der Waals surface area contributed by atoms with E-state index in [1.807, 2.05) is 12.1 Å². The third kappa shape index (κ3) is 3.06. The van der Waals surface area contributed by atoms with E-state index in [1.165, 1.54) is 19.8 Å². The standard InChI is InChI=1S/C17H18N2O4/c1-21-14-5-3-4-13(17(20)22-2)15(14)23-10-12-7-6-11-8-9-18-16(11)19-12/h3-7H,8-10H2,1-2H3,(H,18,19). The van der Waals surface area contributed by atoms with E-state index in [2.05, 4.69) is 10.3 Å². The molecule has 3 rings (SSSR count). The average Bonchev–Trinajstić information content (AvgIpc) is 3.06. The number of hydrogen-bond acceptors (Lipinski definition) is 6. The minimum absolute atomic E-state index is 0.235. The Kier molecular flexibility index (Phi) is 4.32. The monoisotopic (exact) mass is 314 g/mol. The maximum Gasteiger partial charge on any atom is 0.341 e. The second kappa shape index (κ2) is 6.56. The van der Waals surface area contributed by atoms with Crippen molar-refractivity contribution in [1.82, 2.24) is 4.98 Å². The number of methoxy groups -OCH3 is 2. The lowest BCUT2D eigenvalue weighted by atomic mass is 10.2. The number of ether oxygens (including phenoxy) is 3. The van der Waals surface area contributed by atoms with Gasteiger partial charge in [-0.1, -0.05) is 12.1 Å². The summed E-state index contributed by atoms with van der Waals surface area (Å²) in [6, 6.07) is 9.07. The summed E-state index contributed by atoms with van der Waals surface area (Å²) in [4.78, 5) is 16.4. The molecule has 0 amide bonds. The van der Waals surface area contributed by atoms with Crippen molar-refractivity contribution >= 4 is 11.8 Å². The summed E-state index contributed by atoms with van der Waals surface area (Å²) in [6.45, 7) is 1.14. The van der Waals surface area contributed by atoms with Crippen LogP contribution in [0.1, 0.15) is 21.6 Å². The molecule has 0 radical (unpaired) electrons. The van der Waals surface area contributed by atoms with Gasteiger partial charge in [-0.25, -0.2) is 9.78 Å². The number of anilines is 1. The fraction of sp³-hybridized carbons (Fsp3) is 0.294. The zero-order valence-corrected chi connectivity index (χ0v) is 13.1. The van der Waals surface area contributed by atoms with E-state index in [9.17, 15) is 4.79 Å². The maximum absolute atomic E-state index is 11.9. The molecule has 0 aliphatic carbocycles. The van der Waals surface area contributed by atoms with Crippen LogP contribution in [-0.4, -0.2) is 31.7 Å². The molecule has 0 unspecified atom stereocenters. The minimum atomic E-state index is -0.470. The van der Waals surface area contributed by atoms with Gasteiger partial charge in [-0.3, -0.25) is 0 Å². The SMILES string of the molecule is COC(=O)c1cccc(OC)c1OCc1ccc2c(n1)NCC2. The number of carbonyl (C=O) groups is 1. The van der Waals surface area contributed by atoms with Crippen molar-refractivity contribution in [2.24, 2.45) is 0 Å². The number of benzene rings is 1. The predicted molar refractivity (Wildman–Crippen MR) is 85.1 cm³/mol. The van der Waals surface area contributed by atoms with E-state index < -0.39 is 5.97 Å². The number of aromatic nitrogens is 1. The van der Waals surface area contributed by atoms with Gasteiger partial charge < -0.3 is 19.5 Å². The van der Waals surface area contributed by atoms with E-state index in [0.29, 0.717) is 17.1 Å². The van der Waals surface area contributed by atoms with Gasteiger partial charge in [-0.05, 0) is 30.2 Å². The number of nitrogens with one attached hydrogen (secondary N) is 1. The van der Waals surface area contributed by atoms with Crippen molar-refractivity contribution in [3.8, 4) is 11.5 Å². The summed E-state index contributed by atoms with van der Waals surface area (Å²) in [7, 11) is 2.86. The predicted octanol–water partition coefficient (Wildman–Crippen LogP) is 2.42. The molecule has 0 fully saturated rings. The topological polar surface area (TPSA) is 69.7 Å². The number of esters is 1. The molecule has 120 valence electrons. The zero-order valence-electron chi connectivity index (χ0n) is 13.1. The Hall–Kier alpha value is -2.76. The number of hydrogen-bond donors (Lipinski definition) is 1. The van der Waals surface area contributed by atoms with Crippen molar-refractivity contribution in [1.29, 1.82) is 0 Å². The lowest BCUT2D eigenvalue weighted by Crippen LogP contribution is -2.08. The molecule has 2 heterocycles. The van der Waals surface area contributed by atoms with E-state index in [0.717, 1.165) is 24.5 Å².